The smallest absolute Gasteiger partial charge is 0.250 e. The summed E-state index contributed by atoms with van der Waals surface area (Å²) < 4.78 is 0. The van der Waals surface area contributed by atoms with E-state index in [0.717, 1.165) is 33.5 Å². The van der Waals surface area contributed by atoms with Gasteiger partial charge in [-0.05, 0) is 36.9 Å². The Bertz CT molecular complexity index is 966. The monoisotopic (exact) mass is 411 g/mol. The summed E-state index contributed by atoms with van der Waals surface area (Å²) in [5.74, 6) is 1.17. The van der Waals surface area contributed by atoms with Crippen molar-refractivity contribution in [3.63, 3.8) is 0 Å². The van der Waals surface area contributed by atoms with Crippen molar-refractivity contribution in [2.24, 2.45) is 5.92 Å². The summed E-state index contributed by atoms with van der Waals surface area (Å²) in [6.45, 7) is 0. The standard InChI is InChI=1S/C21H21N3O2S2/c1-27-15-6-4-5-13(9-15)22-19(25)17-10-14-11-28-12-24(14)21(17)16-7-2-3-8-18(16)23-20(21)26/h2-9,14,17H,10-12H2,1H3,(H,22,25)(H,23,26). The zero-order valence-corrected chi connectivity index (χ0v) is 17.1. The van der Waals surface area contributed by atoms with Gasteiger partial charge < -0.3 is 10.6 Å². The van der Waals surface area contributed by atoms with Crippen LogP contribution in [0.3, 0.4) is 0 Å². The first-order chi connectivity index (χ1) is 13.6. The first kappa shape index (κ1) is 18.1. The van der Waals surface area contributed by atoms with Crippen molar-refractivity contribution in [1.29, 1.82) is 0 Å². The van der Waals surface area contributed by atoms with Crippen LogP contribution >= 0.6 is 23.5 Å². The molecule has 0 radical (unpaired) electrons. The average molecular weight is 412 g/mol. The number of nitrogens with one attached hydrogen (secondary N) is 2. The Hall–Kier alpha value is -1.96. The van der Waals surface area contributed by atoms with Crippen LogP contribution in [0.5, 0.6) is 0 Å². The van der Waals surface area contributed by atoms with Gasteiger partial charge in [0.2, 0.25) is 11.8 Å². The normalized spacial score (nSPS) is 28.2. The van der Waals surface area contributed by atoms with Crippen LogP contribution in [0.4, 0.5) is 11.4 Å². The Morgan fingerprint density at radius 3 is 3.00 bits per heavy atom. The molecule has 0 bridgehead atoms. The van der Waals surface area contributed by atoms with Crippen LogP contribution < -0.4 is 10.6 Å². The molecule has 3 heterocycles. The van der Waals surface area contributed by atoms with Gasteiger partial charge in [0.05, 0.1) is 5.92 Å². The average Bonchev–Trinajstić information content (AvgIpc) is 3.36. The Morgan fingerprint density at radius 2 is 2.14 bits per heavy atom. The molecule has 1 spiro atoms. The molecule has 5 nitrogen and oxygen atoms in total. The zero-order valence-electron chi connectivity index (χ0n) is 15.5. The third-order valence-corrected chi connectivity index (χ3v) is 7.84. The van der Waals surface area contributed by atoms with E-state index >= 15 is 0 Å². The fourth-order valence-electron chi connectivity index (χ4n) is 4.83. The molecule has 0 aliphatic carbocycles. The van der Waals surface area contributed by atoms with E-state index in [1.807, 2.05) is 66.5 Å². The molecule has 3 aliphatic rings. The second-order valence-electron chi connectivity index (χ2n) is 7.40. The fourth-order valence-corrected chi connectivity index (χ4v) is 6.60. The van der Waals surface area contributed by atoms with Gasteiger partial charge in [0.25, 0.3) is 0 Å². The third kappa shape index (κ3) is 2.53. The molecule has 2 fully saturated rings. The van der Waals surface area contributed by atoms with Crippen molar-refractivity contribution in [2.45, 2.75) is 22.9 Å². The Kier molecular flexibility index (Phi) is 4.41. The number of anilines is 2. The number of thioether (sulfide) groups is 2. The molecular formula is C21H21N3O2S2. The summed E-state index contributed by atoms with van der Waals surface area (Å²) in [5, 5.41) is 6.12. The van der Waals surface area contributed by atoms with E-state index in [1.165, 1.54) is 0 Å². The van der Waals surface area contributed by atoms with Crippen LogP contribution in [0.1, 0.15) is 12.0 Å². The van der Waals surface area contributed by atoms with Crippen LogP contribution in [0.15, 0.2) is 53.4 Å². The number of carbonyl (C=O) groups is 2. The molecule has 3 aliphatic heterocycles. The molecule has 2 amide bonds. The number of hydrogen-bond donors (Lipinski definition) is 2. The third-order valence-electron chi connectivity index (χ3n) is 6.03. The minimum atomic E-state index is -0.911. The lowest BCUT2D eigenvalue weighted by molar-refractivity contribution is -0.134. The highest BCUT2D eigenvalue weighted by atomic mass is 32.2. The first-order valence-corrected chi connectivity index (χ1v) is 11.7. The minimum Gasteiger partial charge on any atom is -0.326 e. The fraction of sp³-hybridized carbons (Fsp3) is 0.333. The Morgan fingerprint density at radius 1 is 1.29 bits per heavy atom. The van der Waals surface area contributed by atoms with Gasteiger partial charge in [-0.2, -0.15) is 0 Å². The summed E-state index contributed by atoms with van der Waals surface area (Å²) in [6.07, 6.45) is 2.71. The van der Waals surface area contributed by atoms with Gasteiger partial charge in [0.15, 0.2) is 0 Å². The van der Waals surface area contributed by atoms with Crippen molar-refractivity contribution in [2.75, 3.05) is 28.5 Å². The second kappa shape index (κ2) is 6.83. The first-order valence-electron chi connectivity index (χ1n) is 9.35. The molecular weight excluding hydrogens is 390 g/mol. The molecule has 2 aromatic rings. The van der Waals surface area contributed by atoms with Crippen molar-refractivity contribution in [1.82, 2.24) is 4.90 Å². The number of benzene rings is 2. The van der Waals surface area contributed by atoms with Crippen molar-refractivity contribution < 1.29 is 9.59 Å². The van der Waals surface area contributed by atoms with E-state index in [0.29, 0.717) is 6.42 Å². The van der Waals surface area contributed by atoms with Crippen LogP contribution in [0.2, 0.25) is 0 Å². The number of hydrogen-bond acceptors (Lipinski definition) is 5. The molecule has 7 heteroatoms. The van der Waals surface area contributed by atoms with E-state index in [2.05, 4.69) is 15.5 Å². The second-order valence-corrected chi connectivity index (χ2v) is 9.28. The lowest BCUT2D eigenvalue weighted by Gasteiger charge is -2.36. The molecule has 3 unspecified atom stereocenters. The number of amides is 2. The van der Waals surface area contributed by atoms with Crippen LogP contribution in [-0.2, 0) is 15.1 Å². The number of carbonyl (C=O) groups excluding carboxylic acids is 2. The molecule has 144 valence electrons. The number of nitrogens with zero attached hydrogens (tertiary/aromatic N) is 1. The van der Waals surface area contributed by atoms with E-state index in [1.54, 1.807) is 11.8 Å². The minimum absolute atomic E-state index is 0.0725. The van der Waals surface area contributed by atoms with Gasteiger partial charge in [0, 0.05) is 39.5 Å². The summed E-state index contributed by atoms with van der Waals surface area (Å²) in [7, 11) is 0. The van der Waals surface area contributed by atoms with E-state index < -0.39 is 11.5 Å². The molecule has 0 saturated carbocycles. The maximum atomic E-state index is 13.4. The highest BCUT2D eigenvalue weighted by Crippen LogP contribution is 2.55. The Labute approximate surface area is 172 Å². The number of rotatable bonds is 3. The lowest BCUT2D eigenvalue weighted by Crippen LogP contribution is -2.53. The SMILES string of the molecule is CSc1cccc(NC(=O)C2CC3CSCN3C23C(=O)Nc2ccccc23)c1. The van der Waals surface area contributed by atoms with Crippen molar-refractivity contribution >= 4 is 46.7 Å². The largest absolute Gasteiger partial charge is 0.326 e. The highest BCUT2D eigenvalue weighted by Gasteiger charge is 2.65. The maximum absolute atomic E-state index is 13.4. The molecule has 5 rings (SSSR count). The molecule has 28 heavy (non-hydrogen) atoms. The van der Waals surface area contributed by atoms with Crippen LogP contribution in [-0.4, -0.2) is 40.6 Å². The maximum Gasteiger partial charge on any atom is 0.250 e. The van der Waals surface area contributed by atoms with Gasteiger partial charge in [-0.3, -0.25) is 14.5 Å². The van der Waals surface area contributed by atoms with Gasteiger partial charge in [0.1, 0.15) is 5.54 Å². The van der Waals surface area contributed by atoms with E-state index in [4.69, 9.17) is 0 Å². The van der Waals surface area contributed by atoms with E-state index in [9.17, 15) is 9.59 Å². The van der Waals surface area contributed by atoms with Gasteiger partial charge in [-0.1, -0.05) is 24.3 Å². The van der Waals surface area contributed by atoms with E-state index in [-0.39, 0.29) is 17.9 Å². The predicted molar refractivity (Wildman–Crippen MR) is 115 cm³/mol. The van der Waals surface area contributed by atoms with Gasteiger partial charge in [-0.25, -0.2) is 0 Å². The Balaban J connectivity index is 1.55. The highest BCUT2D eigenvalue weighted by molar-refractivity contribution is 7.99. The van der Waals surface area contributed by atoms with Crippen molar-refractivity contribution in [3.05, 3.63) is 54.1 Å². The lowest BCUT2D eigenvalue weighted by atomic mass is 9.79. The van der Waals surface area contributed by atoms with Gasteiger partial charge >= 0.3 is 0 Å². The summed E-state index contributed by atoms with van der Waals surface area (Å²) >= 11 is 3.48. The molecule has 2 aromatic carbocycles. The summed E-state index contributed by atoms with van der Waals surface area (Å²) in [5.41, 5.74) is 1.63. The summed E-state index contributed by atoms with van der Waals surface area (Å²) in [6, 6.07) is 15.9. The van der Waals surface area contributed by atoms with Gasteiger partial charge in [-0.15, -0.1) is 23.5 Å². The summed E-state index contributed by atoms with van der Waals surface area (Å²) in [4.78, 5) is 30.1. The van der Waals surface area contributed by atoms with Crippen LogP contribution in [0, 0.1) is 5.92 Å². The molecule has 2 saturated heterocycles. The number of fused-ring (bicyclic) bond motifs is 4. The molecule has 2 N–H and O–H groups in total. The predicted octanol–water partition coefficient (Wildman–Crippen LogP) is 3.59. The molecule has 0 aromatic heterocycles. The topological polar surface area (TPSA) is 61.4 Å². The quantitative estimate of drug-likeness (QED) is 0.756. The van der Waals surface area contributed by atoms with Crippen LogP contribution in [0.25, 0.3) is 0 Å². The number of para-hydroxylation sites is 1. The zero-order chi connectivity index (χ0) is 19.3. The van der Waals surface area contributed by atoms with Crippen molar-refractivity contribution in [3.8, 4) is 0 Å². The molecule has 3 atom stereocenters.